The van der Waals surface area contributed by atoms with Crippen LogP contribution in [0.3, 0.4) is 0 Å². The summed E-state index contributed by atoms with van der Waals surface area (Å²) < 4.78 is 0. The van der Waals surface area contributed by atoms with E-state index in [1.807, 2.05) is 38.4 Å². The summed E-state index contributed by atoms with van der Waals surface area (Å²) in [5, 5.41) is 10.0. The highest BCUT2D eigenvalue weighted by atomic mass is 16.4. The van der Waals surface area contributed by atoms with Crippen LogP contribution < -0.4 is 0 Å². The highest BCUT2D eigenvalue weighted by Gasteiger charge is 2.13. The van der Waals surface area contributed by atoms with Crippen LogP contribution in [0.2, 0.25) is 0 Å². The molecular formula is C14H18N2O2. The molecule has 4 heteroatoms. The van der Waals surface area contributed by atoms with Crippen molar-refractivity contribution >= 4 is 16.9 Å². The van der Waals surface area contributed by atoms with Crippen LogP contribution in [0.4, 0.5) is 0 Å². The van der Waals surface area contributed by atoms with Crippen molar-refractivity contribution in [1.29, 1.82) is 0 Å². The normalized spacial score (nSPS) is 11.3. The van der Waals surface area contributed by atoms with Crippen molar-refractivity contribution < 1.29 is 9.90 Å². The molecule has 2 N–H and O–H groups in total. The lowest BCUT2D eigenvalue weighted by molar-refractivity contribution is -0.136. The average molecular weight is 246 g/mol. The minimum atomic E-state index is -0.786. The summed E-state index contributed by atoms with van der Waals surface area (Å²) in [4.78, 5) is 16.4. The number of carboxylic acids is 1. The number of hydrogen-bond donors (Lipinski definition) is 2. The van der Waals surface area contributed by atoms with Gasteiger partial charge in [0.2, 0.25) is 0 Å². The molecule has 1 aromatic carbocycles. The fraction of sp³-hybridized carbons (Fsp3) is 0.357. The van der Waals surface area contributed by atoms with Crippen molar-refractivity contribution in [3.8, 4) is 0 Å². The second-order valence-electron chi connectivity index (χ2n) is 4.75. The maximum atomic E-state index is 11.0. The summed E-state index contributed by atoms with van der Waals surface area (Å²) in [6.45, 7) is 0.902. The van der Waals surface area contributed by atoms with E-state index in [1.54, 1.807) is 0 Å². The third-order valence-electron chi connectivity index (χ3n) is 3.04. The molecule has 0 aliphatic carbocycles. The molecule has 0 aliphatic rings. The molecule has 0 amide bonds. The van der Waals surface area contributed by atoms with Gasteiger partial charge in [-0.1, -0.05) is 18.2 Å². The summed E-state index contributed by atoms with van der Waals surface area (Å²) in [7, 11) is 4.03. The van der Waals surface area contributed by atoms with Gasteiger partial charge < -0.3 is 15.0 Å². The zero-order chi connectivity index (χ0) is 13.1. The van der Waals surface area contributed by atoms with Crippen LogP contribution in [-0.2, 0) is 17.6 Å². The SMILES string of the molecule is CN(C)CCc1[nH]c2ccccc2c1CC(=O)O. The molecule has 0 aliphatic heterocycles. The van der Waals surface area contributed by atoms with Crippen LogP contribution in [-0.4, -0.2) is 41.6 Å². The van der Waals surface area contributed by atoms with Crippen molar-refractivity contribution in [3.63, 3.8) is 0 Å². The molecule has 96 valence electrons. The lowest BCUT2D eigenvalue weighted by Crippen LogP contribution is -2.16. The lowest BCUT2D eigenvalue weighted by atomic mass is 10.1. The molecule has 0 bridgehead atoms. The first-order chi connectivity index (χ1) is 8.58. The van der Waals surface area contributed by atoms with E-state index < -0.39 is 5.97 Å². The lowest BCUT2D eigenvalue weighted by Gasteiger charge is -2.09. The number of aromatic nitrogens is 1. The smallest absolute Gasteiger partial charge is 0.307 e. The quantitative estimate of drug-likeness (QED) is 0.847. The Morgan fingerprint density at radius 2 is 2.06 bits per heavy atom. The van der Waals surface area contributed by atoms with Gasteiger partial charge in [0.05, 0.1) is 6.42 Å². The molecule has 0 atom stereocenters. The van der Waals surface area contributed by atoms with Gasteiger partial charge in [-0.3, -0.25) is 4.79 Å². The Morgan fingerprint density at radius 3 is 2.72 bits per heavy atom. The Balaban J connectivity index is 2.39. The Labute approximate surface area is 106 Å². The predicted molar refractivity (Wildman–Crippen MR) is 71.9 cm³/mol. The van der Waals surface area contributed by atoms with E-state index in [0.717, 1.165) is 35.1 Å². The average Bonchev–Trinajstić information content (AvgIpc) is 2.64. The number of H-pyrrole nitrogens is 1. The molecule has 0 saturated heterocycles. The van der Waals surface area contributed by atoms with E-state index in [0.29, 0.717) is 0 Å². The van der Waals surface area contributed by atoms with Crippen LogP contribution in [0.5, 0.6) is 0 Å². The number of nitrogens with zero attached hydrogens (tertiary/aromatic N) is 1. The Hall–Kier alpha value is -1.81. The van der Waals surface area contributed by atoms with Crippen LogP contribution in [0.15, 0.2) is 24.3 Å². The molecule has 1 aromatic heterocycles. The molecule has 2 aromatic rings. The first-order valence-electron chi connectivity index (χ1n) is 6.03. The maximum absolute atomic E-state index is 11.0. The maximum Gasteiger partial charge on any atom is 0.307 e. The van der Waals surface area contributed by atoms with Gasteiger partial charge in [0.15, 0.2) is 0 Å². The molecule has 0 radical (unpaired) electrons. The number of fused-ring (bicyclic) bond motifs is 1. The van der Waals surface area contributed by atoms with Gasteiger partial charge in [-0.2, -0.15) is 0 Å². The third kappa shape index (κ3) is 2.71. The first kappa shape index (κ1) is 12.6. The zero-order valence-electron chi connectivity index (χ0n) is 10.7. The van der Waals surface area contributed by atoms with Gasteiger partial charge in [-0.25, -0.2) is 0 Å². The Kier molecular flexibility index (Phi) is 3.67. The number of carbonyl (C=O) groups is 1. The fourth-order valence-electron chi connectivity index (χ4n) is 2.16. The fourth-order valence-corrected chi connectivity index (χ4v) is 2.16. The number of para-hydroxylation sites is 1. The van der Waals surface area contributed by atoms with Crippen LogP contribution >= 0.6 is 0 Å². The molecule has 1 heterocycles. The van der Waals surface area contributed by atoms with E-state index in [4.69, 9.17) is 5.11 Å². The van der Waals surface area contributed by atoms with Crippen LogP contribution in [0, 0.1) is 0 Å². The highest BCUT2D eigenvalue weighted by Crippen LogP contribution is 2.23. The number of nitrogens with one attached hydrogen (secondary N) is 1. The van der Waals surface area contributed by atoms with Crippen molar-refractivity contribution in [1.82, 2.24) is 9.88 Å². The number of rotatable bonds is 5. The Bertz CT molecular complexity index is 558. The second kappa shape index (κ2) is 5.23. The molecule has 0 spiro atoms. The number of carboxylic acid groups (broad SMARTS) is 1. The third-order valence-corrected chi connectivity index (χ3v) is 3.04. The summed E-state index contributed by atoms with van der Waals surface area (Å²) >= 11 is 0. The van der Waals surface area contributed by atoms with Crippen molar-refractivity contribution in [3.05, 3.63) is 35.5 Å². The van der Waals surface area contributed by atoms with E-state index in [-0.39, 0.29) is 6.42 Å². The van der Waals surface area contributed by atoms with E-state index in [9.17, 15) is 4.79 Å². The van der Waals surface area contributed by atoms with Gasteiger partial charge in [-0.05, 0) is 25.7 Å². The largest absolute Gasteiger partial charge is 0.481 e. The zero-order valence-corrected chi connectivity index (χ0v) is 10.7. The van der Waals surface area contributed by atoms with Crippen LogP contribution in [0.25, 0.3) is 10.9 Å². The van der Waals surface area contributed by atoms with Crippen molar-refractivity contribution in [2.24, 2.45) is 0 Å². The summed E-state index contributed by atoms with van der Waals surface area (Å²) in [6.07, 6.45) is 0.914. The molecule has 0 unspecified atom stereocenters. The molecule has 4 nitrogen and oxygen atoms in total. The molecule has 0 fully saturated rings. The highest BCUT2D eigenvalue weighted by molar-refractivity contribution is 5.88. The molecule has 2 rings (SSSR count). The second-order valence-corrected chi connectivity index (χ2v) is 4.75. The minimum Gasteiger partial charge on any atom is -0.481 e. The van der Waals surface area contributed by atoms with Crippen molar-refractivity contribution in [2.45, 2.75) is 12.8 Å². The van der Waals surface area contributed by atoms with Gasteiger partial charge in [0.1, 0.15) is 0 Å². The molecule has 18 heavy (non-hydrogen) atoms. The summed E-state index contributed by atoms with van der Waals surface area (Å²) in [5.41, 5.74) is 2.97. The van der Waals surface area contributed by atoms with E-state index in [1.165, 1.54) is 0 Å². The minimum absolute atomic E-state index is 0.0762. The first-order valence-corrected chi connectivity index (χ1v) is 6.03. The van der Waals surface area contributed by atoms with Gasteiger partial charge in [0, 0.05) is 29.6 Å². The molecule has 0 saturated carbocycles. The van der Waals surface area contributed by atoms with Gasteiger partial charge >= 0.3 is 5.97 Å². The van der Waals surface area contributed by atoms with Gasteiger partial charge in [0.25, 0.3) is 0 Å². The van der Waals surface area contributed by atoms with E-state index in [2.05, 4.69) is 9.88 Å². The predicted octanol–water partition coefficient (Wildman–Crippen LogP) is 1.90. The van der Waals surface area contributed by atoms with E-state index >= 15 is 0 Å². The number of aromatic amines is 1. The Morgan fingerprint density at radius 1 is 1.33 bits per heavy atom. The van der Waals surface area contributed by atoms with Crippen molar-refractivity contribution in [2.75, 3.05) is 20.6 Å². The summed E-state index contributed by atoms with van der Waals surface area (Å²) in [6, 6.07) is 7.86. The topological polar surface area (TPSA) is 56.3 Å². The van der Waals surface area contributed by atoms with Gasteiger partial charge in [-0.15, -0.1) is 0 Å². The number of aliphatic carboxylic acids is 1. The van der Waals surface area contributed by atoms with Crippen LogP contribution in [0.1, 0.15) is 11.3 Å². The number of likely N-dealkylation sites (N-methyl/N-ethyl adjacent to an activating group) is 1. The number of hydrogen-bond acceptors (Lipinski definition) is 2. The summed E-state index contributed by atoms with van der Waals surface area (Å²) in [5.74, 6) is -0.786. The number of benzene rings is 1. The standard InChI is InChI=1S/C14H18N2O2/c1-16(2)8-7-13-11(9-14(17)18)10-5-3-4-6-12(10)15-13/h3-6,15H,7-9H2,1-2H3,(H,17,18). The monoisotopic (exact) mass is 246 g/mol. The molecular weight excluding hydrogens is 228 g/mol.